The van der Waals surface area contributed by atoms with Crippen LogP contribution in [0.3, 0.4) is 0 Å². The monoisotopic (exact) mass is 254 g/mol. The van der Waals surface area contributed by atoms with Crippen LogP contribution >= 0.6 is 11.6 Å². The van der Waals surface area contributed by atoms with Crippen LogP contribution in [0.25, 0.3) is 0 Å². The first kappa shape index (κ1) is 11.5. The van der Waals surface area contributed by atoms with Gasteiger partial charge in [-0.25, -0.2) is 9.78 Å². The molecule has 0 unspecified atom stereocenters. The highest BCUT2D eigenvalue weighted by Gasteiger charge is 2.33. The molecule has 1 fully saturated rings. The Kier molecular flexibility index (Phi) is 3.06. The van der Waals surface area contributed by atoms with Gasteiger partial charge in [-0.2, -0.15) is 0 Å². The maximum Gasteiger partial charge on any atom is 0.382 e. The van der Waals surface area contributed by atoms with E-state index in [2.05, 4.69) is 9.82 Å². The summed E-state index contributed by atoms with van der Waals surface area (Å²) < 4.78 is 0. The van der Waals surface area contributed by atoms with Gasteiger partial charge < -0.3 is 4.84 Å². The fraction of sp³-hybridized carbons (Fsp3) is 0.200. The van der Waals surface area contributed by atoms with Crippen molar-refractivity contribution >= 4 is 29.4 Å². The second-order valence-corrected chi connectivity index (χ2v) is 3.76. The number of carbonyl (C=O) groups excluding carboxylic acids is 3. The van der Waals surface area contributed by atoms with Crippen LogP contribution in [0, 0.1) is 0 Å². The molecule has 1 aromatic heterocycles. The van der Waals surface area contributed by atoms with Crippen LogP contribution in [0.4, 0.5) is 0 Å². The Morgan fingerprint density at radius 2 is 2.00 bits per heavy atom. The third-order valence-corrected chi connectivity index (χ3v) is 2.35. The number of hydrogen-bond acceptors (Lipinski definition) is 5. The molecule has 0 N–H and O–H groups in total. The van der Waals surface area contributed by atoms with E-state index in [4.69, 9.17) is 11.6 Å². The van der Waals surface area contributed by atoms with Gasteiger partial charge in [0.2, 0.25) is 0 Å². The highest BCUT2D eigenvalue weighted by molar-refractivity contribution is 6.30. The van der Waals surface area contributed by atoms with Gasteiger partial charge in [-0.1, -0.05) is 11.6 Å². The first-order chi connectivity index (χ1) is 8.08. The molecule has 88 valence electrons. The summed E-state index contributed by atoms with van der Waals surface area (Å²) >= 11 is 5.67. The summed E-state index contributed by atoms with van der Waals surface area (Å²) in [7, 11) is 0. The molecule has 2 rings (SSSR count). The Morgan fingerprint density at radius 3 is 2.59 bits per heavy atom. The minimum atomic E-state index is -0.892. The lowest BCUT2D eigenvalue weighted by Gasteiger charge is -2.11. The Morgan fingerprint density at radius 1 is 1.35 bits per heavy atom. The van der Waals surface area contributed by atoms with E-state index in [1.54, 1.807) is 0 Å². The molecule has 0 saturated carbocycles. The van der Waals surface area contributed by atoms with Gasteiger partial charge in [0.1, 0.15) is 0 Å². The fourth-order valence-corrected chi connectivity index (χ4v) is 1.46. The van der Waals surface area contributed by atoms with E-state index in [-0.39, 0.29) is 18.5 Å². The molecule has 17 heavy (non-hydrogen) atoms. The van der Waals surface area contributed by atoms with Crippen LogP contribution in [-0.2, 0) is 14.4 Å². The number of carbonyl (C=O) groups is 3. The zero-order valence-electron chi connectivity index (χ0n) is 8.55. The van der Waals surface area contributed by atoms with Crippen LogP contribution in [-0.4, -0.2) is 27.8 Å². The van der Waals surface area contributed by atoms with Gasteiger partial charge >= 0.3 is 5.97 Å². The number of aromatic nitrogens is 1. The van der Waals surface area contributed by atoms with Gasteiger partial charge in [0.05, 0.1) is 0 Å². The molecule has 1 aromatic rings. The summed E-state index contributed by atoms with van der Waals surface area (Å²) in [6.07, 6.45) is 1.43. The largest absolute Gasteiger partial charge is 0.382 e. The van der Waals surface area contributed by atoms with E-state index in [9.17, 15) is 14.4 Å². The average molecular weight is 255 g/mol. The van der Waals surface area contributed by atoms with Crippen molar-refractivity contribution < 1.29 is 19.2 Å². The van der Waals surface area contributed by atoms with Crippen LogP contribution < -0.4 is 0 Å². The van der Waals surface area contributed by atoms with Crippen molar-refractivity contribution in [2.45, 2.75) is 12.8 Å². The number of rotatable bonds is 2. The number of hydrogen-bond donors (Lipinski definition) is 0. The van der Waals surface area contributed by atoms with Crippen LogP contribution in [0.5, 0.6) is 0 Å². The predicted molar refractivity (Wildman–Crippen MR) is 55.7 cm³/mol. The van der Waals surface area contributed by atoms with E-state index in [0.717, 1.165) is 0 Å². The highest BCUT2D eigenvalue weighted by Crippen LogP contribution is 2.14. The Hall–Kier alpha value is -1.95. The minimum absolute atomic E-state index is 0.0507. The van der Waals surface area contributed by atoms with Gasteiger partial charge in [-0.15, -0.1) is 5.06 Å². The first-order valence-corrected chi connectivity index (χ1v) is 5.15. The Bertz CT molecular complexity index is 487. The predicted octanol–water partition coefficient (Wildman–Crippen LogP) is 0.956. The maximum absolute atomic E-state index is 11.6. The topological polar surface area (TPSA) is 76.6 Å². The third kappa shape index (κ3) is 2.42. The number of amides is 2. The molecule has 0 spiro atoms. The number of imide groups is 1. The zero-order chi connectivity index (χ0) is 12.4. The van der Waals surface area contributed by atoms with Gasteiger partial charge in [-0.3, -0.25) is 9.59 Å². The number of hydroxylamine groups is 2. The second kappa shape index (κ2) is 4.50. The van der Waals surface area contributed by atoms with Crippen LogP contribution in [0.1, 0.15) is 23.3 Å². The Balaban J connectivity index is 2.12. The lowest BCUT2D eigenvalue weighted by atomic mass is 10.3. The standard InChI is InChI=1S/C10H7ClN2O4/c11-6-3-4-12-7(5-6)10(16)17-13-8(14)1-2-9(13)15/h3-5H,1-2H2. The molecule has 0 bridgehead atoms. The molecule has 0 aliphatic carbocycles. The summed E-state index contributed by atoms with van der Waals surface area (Å²) in [6.45, 7) is 0. The maximum atomic E-state index is 11.6. The molecule has 2 amide bonds. The molecule has 7 heteroatoms. The summed E-state index contributed by atoms with van der Waals surface area (Å²) in [5.41, 5.74) is -0.0648. The van der Waals surface area contributed by atoms with Gasteiger partial charge in [0.25, 0.3) is 11.8 Å². The molecule has 1 aliphatic rings. The number of nitrogens with zero attached hydrogens (tertiary/aromatic N) is 2. The molecule has 1 aliphatic heterocycles. The van der Waals surface area contributed by atoms with E-state index >= 15 is 0 Å². The molecule has 0 atom stereocenters. The van der Waals surface area contributed by atoms with Crippen LogP contribution in [0.2, 0.25) is 5.02 Å². The third-order valence-electron chi connectivity index (χ3n) is 2.11. The molecule has 0 radical (unpaired) electrons. The molecule has 6 nitrogen and oxygen atoms in total. The Labute approximate surface area is 101 Å². The van der Waals surface area contributed by atoms with E-state index < -0.39 is 17.8 Å². The smallest absolute Gasteiger partial charge is 0.323 e. The summed E-state index contributed by atoms with van der Waals surface area (Å²) in [5, 5.41) is 0.774. The number of halogens is 1. The summed E-state index contributed by atoms with van der Waals surface area (Å²) in [6, 6.07) is 2.78. The van der Waals surface area contributed by atoms with Crippen molar-refractivity contribution in [1.82, 2.24) is 10.0 Å². The quantitative estimate of drug-likeness (QED) is 0.735. The molecule has 2 heterocycles. The highest BCUT2D eigenvalue weighted by atomic mass is 35.5. The van der Waals surface area contributed by atoms with Crippen molar-refractivity contribution in [2.75, 3.05) is 0 Å². The van der Waals surface area contributed by atoms with Crippen molar-refractivity contribution in [3.05, 3.63) is 29.0 Å². The molecular formula is C10H7ClN2O4. The lowest BCUT2D eigenvalue weighted by Crippen LogP contribution is -2.32. The van der Waals surface area contributed by atoms with Gasteiger partial charge in [0.15, 0.2) is 5.69 Å². The number of pyridine rings is 1. The van der Waals surface area contributed by atoms with Crippen molar-refractivity contribution in [2.24, 2.45) is 0 Å². The second-order valence-electron chi connectivity index (χ2n) is 3.32. The van der Waals surface area contributed by atoms with Crippen molar-refractivity contribution in [3.8, 4) is 0 Å². The lowest BCUT2D eigenvalue weighted by molar-refractivity contribution is -0.172. The summed E-state index contributed by atoms with van der Waals surface area (Å²) in [4.78, 5) is 42.3. The first-order valence-electron chi connectivity index (χ1n) is 4.77. The SMILES string of the molecule is O=C(ON1C(=O)CCC1=O)c1cc(Cl)ccn1. The zero-order valence-corrected chi connectivity index (χ0v) is 9.31. The van der Waals surface area contributed by atoms with Gasteiger partial charge in [-0.05, 0) is 12.1 Å². The normalized spacial score (nSPS) is 15.2. The summed E-state index contributed by atoms with van der Waals surface area (Å²) in [5.74, 6) is -1.97. The molecular weight excluding hydrogens is 248 g/mol. The minimum Gasteiger partial charge on any atom is -0.323 e. The molecule has 1 saturated heterocycles. The van der Waals surface area contributed by atoms with E-state index in [1.165, 1.54) is 18.3 Å². The van der Waals surface area contributed by atoms with Crippen LogP contribution in [0.15, 0.2) is 18.3 Å². The van der Waals surface area contributed by atoms with Crippen molar-refractivity contribution in [1.29, 1.82) is 0 Å². The fourth-order valence-electron chi connectivity index (χ4n) is 1.30. The van der Waals surface area contributed by atoms with Crippen molar-refractivity contribution in [3.63, 3.8) is 0 Å². The van der Waals surface area contributed by atoms with E-state index in [0.29, 0.717) is 10.1 Å². The van der Waals surface area contributed by atoms with Gasteiger partial charge in [0, 0.05) is 24.1 Å². The van der Waals surface area contributed by atoms with E-state index in [1.807, 2.05) is 0 Å². The molecule has 0 aromatic carbocycles. The average Bonchev–Trinajstić information content (AvgIpc) is 2.61.